The second kappa shape index (κ2) is 7.46. The van der Waals surface area contributed by atoms with Gasteiger partial charge in [-0.15, -0.1) is 11.3 Å². The molecule has 6 nitrogen and oxygen atoms in total. The summed E-state index contributed by atoms with van der Waals surface area (Å²) in [6.07, 6.45) is 5.17. The lowest BCUT2D eigenvalue weighted by Crippen LogP contribution is -2.26. The smallest absolute Gasteiger partial charge is 0.419 e. The summed E-state index contributed by atoms with van der Waals surface area (Å²) in [5, 5.41) is 5.32. The summed E-state index contributed by atoms with van der Waals surface area (Å²) in [6.45, 7) is 5.54. The fourth-order valence-corrected chi connectivity index (χ4v) is 4.79. The molecular weight excluding hydrogens is 444 g/mol. The number of pyridine rings is 1. The molecule has 0 bridgehead atoms. The second-order valence-electron chi connectivity index (χ2n) is 8.62. The first-order chi connectivity index (χ1) is 15.2. The van der Waals surface area contributed by atoms with Gasteiger partial charge >= 0.3 is 6.09 Å². The highest BCUT2D eigenvalue weighted by atomic mass is 35.5. The standard InChI is InChI=1S/C24H21ClN4O2S/c1-24(2,3)31-23(30)29-12-18(16-10-14(25)7-8-20(16)29)22-27-19(13-32-22)17-11-28(4)21-15(17)6-5-9-26-21/h5-13H,1-4H3. The molecule has 0 radical (unpaired) electrons. The van der Waals surface area contributed by atoms with Crippen molar-refractivity contribution in [3.8, 4) is 21.8 Å². The van der Waals surface area contributed by atoms with Crippen molar-refractivity contribution in [2.45, 2.75) is 26.4 Å². The Labute approximate surface area is 194 Å². The molecular formula is C24H21ClN4O2S. The number of aromatic nitrogens is 4. The molecule has 4 aromatic heterocycles. The normalized spacial score (nSPS) is 12.0. The Morgan fingerprint density at radius 2 is 1.94 bits per heavy atom. The van der Waals surface area contributed by atoms with Gasteiger partial charge in [0.1, 0.15) is 16.3 Å². The topological polar surface area (TPSA) is 61.9 Å². The van der Waals surface area contributed by atoms with Crippen molar-refractivity contribution in [2.75, 3.05) is 0 Å². The minimum absolute atomic E-state index is 0.437. The van der Waals surface area contributed by atoms with Crippen LogP contribution in [0.1, 0.15) is 20.8 Å². The Morgan fingerprint density at radius 1 is 1.12 bits per heavy atom. The molecule has 0 saturated carbocycles. The van der Waals surface area contributed by atoms with Crippen LogP contribution in [-0.2, 0) is 11.8 Å². The van der Waals surface area contributed by atoms with E-state index in [1.807, 2.05) is 68.2 Å². The molecule has 0 amide bonds. The third-order valence-corrected chi connectivity index (χ3v) is 6.21. The van der Waals surface area contributed by atoms with Gasteiger partial charge in [-0.3, -0.25) is 4.57 Å². The molecule has 32 heavy (non-hydrogen) atoms. The molecule has 0 N–H and O–H groups in total. The maximum Gasteiger partial charge on any atom is 0.419 e. The third kappa shape index (κ3) is 3.57. The van der Waals surface area contributed by atoms with E-state index in [1.54, 1.807) is 18.5 Å². The van der Waals surface area contributed by atoms with Gasteiger partial charge < -0.3 is 9.30 Å². The number of halogens is 1. The molecule has 0 fully saturated rings. The van der Waals surface area contributed by atoms with Crippen LogP contribution in [0.2, 0.25) is 5.02 Å². The number of ether oxygens (including phenoxy) is 1. The minimum Gasteiger partial charge on any atom is -0.443 e. The Morgan fingerprint density at radius 3 is 2.72 bits per heavy atom. The summed E-state index contributed by atoms with van der Waals surface area (Å²) in [5.41, 5.74) is 3.76. The summed E-state index contributed by atoms with van der Waals surface area (Å²) in [7, 11) is 1.97. The third-order valence-electron chi connectivity index (χ3n) is 5.10. The maximum atomic E-state index is 12.9. The van der Waals surface area contributed by atoms with Crippen LogP contribution >= 0.6 is 22.9 Å². The maximum absolute atomic E-state index is 12.9. The molecule has 5 aromatic rings. The second-order valence-corrected chi connectivity index (χ2v) is 9.92. The Bertz CT molecular complexity index is 1490. The van der Waals surface area contributed by atoms with Gasteiger partial charge in [0, 0.05) is 57.9 Å². The lowest BCUT2D eigenvalue weighted by Gasteiger charge is -2.19. The molecule has 4 heterocycles. The zero-order valence-electron chi connectivity index (χ0n) is 18.1. The van der Waals surface area contributed by atoms with Crippen LogP contribution in [0.4, 0.5) is 4.79 Å². The molecule has 0 spiro atoms. The quantitative estimate of drug-likeness (QED) is 0.289. The largest absolute Gasteiger partial charge is 0.443 e. The highest BCUT2D eigenvalue weighted by Crippen LogP contribution is 2.38. The SMILES string of the molecule is Cn1cc(-c2csc(-c3cn(C(=O)OC(C)(C)C)c4ccc(Cl)cc34)n2)c2cccnc21. The molecule has 0 unspecified atom stereocenters. The van der Waals surface area contributed by atoms with Gasteiger partial charge in [-0.25, -0.2) is 14.8 Å². The number of carbonyl (C=O) groups is 1. The van der Waals surface area contributed by atoms with Gasteiger partial charge in [0.25, 0.3) is 0 Å². The number of rotatable bonds is 2. The number of hydrogen-bond donors (Lipinski definition) is 0. The van der Waals surface area contributed by atoms with Crippen molar-refractivity contribution in [3.63, 3.8) is 0 Å². The van der Waals surface area contributed by atoms with Gasteiger partial charge in [-0.1, -0.05) is 11.6 Å². The number of thiazole rings is 1. The Hall–Kier alpha value is -3.16. The molecule has 162 valence electrons. The lowest BCUT2D eigenvalue weighted by atomic mass is 10.1. The molecule has 0 aliphatic rings. The van der Waals surface area contributed by atoms with Gasteiger partial charge in [-0.2, -0.15) is 0 Å². The van der Waals surface area contributed by atoms with Gasteiger partial charge in [0.05, 0.1) is 11.2 Å². The van der Waals surface area contributed by atoms with E-state index in [-0.39, 0.29) is 0 Å². The minimum atomic E-state index is -0.600. The number of hydrogen-bond acceptors (Lipinski definition) is 5. The van der Waals surface area contributed by atoms with Gasteiger partial charge in [-0.05, 0) is 51.1 Å². The van der Waals surface area contributed by atoms with Crippen LogP contribution in [0.5, 0.6) is 0 Å². The number of aryl methyl sites for hydroxylation is 1. The van der Waals surface area contributed by atoms with Crippen molar-refractivity contribution in [1.82, 2.24) is 19.1 Å². The fraction of sp³-hybridized carbons (Fsp3) is 0.208. The predicted octanol–water partition coefficient (Wildman–Crippen LogP) is 6.76. The zero-order valence-corrected chi connectivity index (χ0v) is 19.7. The van der Waals surface area contributed by atoms with E-state index >= 15 is 0 Å². The van der Waals surface area contributed by atoms with E-state index in [1.165, 1.54) is 15.9 Å². The lowest BCUT2D eigenvalue weighted by molar-refractivity contribution is 0.0544. The number of fused-ring (bicyclic) bond motifs is 2. The zero-order chi connectivity index (χ0) is 22.6. The van der Waals surface area contributed by atoms with Crippen LogP contribution < -0.4 is 0 Å². The Kier molecular flexibility index (Phi) is 4.83. The number of carbonyl (C=O) groups excluding carboxylic acids is 1. The highest BCUT2D eigenvalue weighted by Gasteiger charge is 2.23. The summed E-state index contributed by atoms with van der Waals surface area (Å²) in [4.78, 5) is 22.2. The number of nitrogens with zero attached hydrogens (tertiary/aromatic N) is 4. The Balaban J connectivity index is 1.64. The first kappa shape index (κ1) is 20.7. The summed E-state index contributed by atoms with van der Waals surface area (Å²) in [5.74, 6) is 0. The van der Waals surface area contributed by atoms with E-state index in [0.717, 1.165) is 43.8 Å². The molecule has 8 heteroatoms. The van der Waals surface area contributed by atoms with E-state index in [9.17, 15) is 4.79 Å². The van der Waals surface area contributed by atoms with Crippen molar-refractivity contribution >= 4 is 51.0 Å². The van der Waals surface area contributed by atoms with Crippen LogP contribution in [0.15, 0.2) is 54.3 Å². The van der Waals surface area contributed by atoms with Crippen LogP contribution in [0.25, 0.3) is 43.8 Å². The first-order valence-electron chi connectivity index (χ1n) is 10.1. The van der Waals surface area contributed by atoms with E-state index in [4.69, 9.17) is 21.3 Å². The molecule has 0 aliphatic carbocycles. The van der Waals surface area contributed by atoms with Crippen molar-refractivity contribution in [3.05, 3.63) is 59.3 Å². The molecule has 0 saturated heterocycles. The van der Waals surface area contributed by atoms with Gasteiger partial charge in [0.2, 0.25) is 0 Å². The van der Waals surface area contributed by atoms with Gasteiger partial charge in [0.15, 0.2) is 0 Å². The molecule has 0 atom stereocenters. The summed E-state index contributed by atoms with van der Waals surface area (Å²) >= 11 is 7.82. The average molecular weight is 465 g/mol. The monoisotopic (exact) mass is 464 g/mol. The summed E-state index contributed by atoms with van der Waals surface area (Å²) < 4.78 is 9.12. The van der Waals surface area contributed by atoms with E-state index < -0.39 is 11.7 Å². The van der Waals surface area contributed by atoms with E-state index in [2.05, 4.69) is 4.98 Å². The first-order valence-corrected chi connectivity index (χ1v) is 11.4. The summed E-state index contributed by atoms with van der Waals surface area (Å²) in [6, 6.07) is 9.43. The molecule has 1 aromatic carbocycles. The predicted molar refractivity (Wildman–Crippen MR) is 129 cm³/mol. The number of benzene rings is 1. The highest BCUT2D eigenvalue weighted by molar-refractivity contribution is 7.13. The fourth-order valence-electron chi connectivity index (χ4n) is 3.77. The van der Waals surface area contributed by atoms with Crippen LogP contribution in [0.3, 0.4) is 0 Å². The average Bonchev–Trinajstić information content (AvgIpc) is 3.42. The molecule has 5 rings (SSSR count). The van der Waals surface area contributed by atoms with Crippen molar-refractivity contribution in [1.29, 1.82) is 0 Å². The van der Waals surface area contributed by atoms with E-state index in [0.29, 0.717) is 5.02 Å². The van der Waals surface area contributed by atoms with Crippen LogP contribution in [0, 0.1) is 0 Å². The van der Waals surface area contributed by atoms with Crippen molar-refractivity contribution in [2.24, 2.45) is 7.05 Å². The van der Waals surface area contributed by atoms with Crippen molar-refractivity contribution < 1.29 is 9.53 Å². The molecule has 0 aliphatic heterocycles. The van der Waals surface area contributed by atoms with Crippen LogP contribution in [-0.4, -0.2) is 30.8 Å².